The van der Waals surface area contributed by atoms with E-state index in [0.29, 0.717) is 6.04 Å². The van der Waals surface area contributed by atoms with Gasteiger partial charge in [0.05, 0.1) is 36.6 Å². The first-order valence-electron chi connectivity index (χ1n) is 17.4. The largest absolute Gasteiger partial charge is 0.364 e. The van der Waals surface area contributed by atoms with Gasteiger partial charge in [0.15, 0.2) is 0 Å². The van der Waals surface area contributed by atoms with Crippen molar-refractivity contribution >= 4 is 11.7 Å². The second kappa shape index (κ2) is 13.8. The number of amides is 1. The molecule has 8 heteroatoms. The maximum atomic E-state index is 14.1. The number of benzene rings is 3. The Morgan fingerprint density at radius 2 is 1.53 bits per heavy atom. The highest BCUT2D eigenvalue weighted by molar-refractivity contribution is 5.89. The van der Waals surface area contributed by atoms with Crippen LogP contribution in [-0.4, -0.2) is 82.2 Å². The van der Waals surface area contributed by atoms with E-state index in [1.165, 1.54) is 29.5 Å². The van der Waals surface area contributed by atoms with Crippen molar-refractivity contribution in [2.75, 3.05) is 39.8 Å². The molecular formula is C39H47N7O. The fourth-order valence-corrected chi connectivity index (χ4v) is 7.71. The number of nitrogens with zero attached hydrogens (tertiary/aromatic N) is 5. The number of aromatic nitrogens is 2. The Morgan fingerprint density at radius 1 is 0.872 bits per heavy atom. The van der Waals surface area contributed by atoms with E-state index in [1.807, 2.05) is 29.3 Å². The van der Waals surface area contributed by atoms with Crippen molar-refractivity contribution in [1.82, 2.24) is 30.0 Å². The summed E-state index contributed by atoms with van der Waals surface area (Å²) in [6.45, 7) is 8.59. The topological polar surface area (TPSA) is 79.9 Å². The third kappa shape index (κ3) is 6.36. The zero-order chi connectivity index (χ0) is 32.3. The molecule has 0 saturated carbocycles. The van der Waals surface area contributed by atoms with E-state index >= 15 is 0 Å². The van der Waals surface area contributed by atoms with Crippen LogP contribution in [0.4, 0.5) is 0 Å². The number of amidine groups is 1. The predicted octanol–water partition coefficient (Wildman–Crippen LogP) is 6.63. The summed E-state index contributed by atoms with van der Waals surface area (Å²) >= 11 is 0. The van der Waals surface area contributed by atoms with Crippen LogP contribution in [0.1, 0.15) is 74.6 Å². The third-order valence-corrected chi connectivity index (χ3v) is 10.4. The summed E-state index contributed by atoms with van der Waals surface area (Å²) < 4.78 is 0. The molecule has 0 bridgehead atoms. The number of likely N-dealkylation sites (N-methyl/N-ethyl adjacent to an activating group) is 2. The summed E-state index contributed by atoms with van der Waals surface area (Å²) in [5.74, 6) is 2.18. The van der Waals surface area contributed by atoms with Gasteiger partial charge >= 0.3 is 0 Å². The van der Waals surface area contributed by atoms with Crippen molar-refractivity contribution in [2.24, 2.45) is 4.99 Å². The molecular weight excluding hydrogens is 582 g/mol. The lowest BCUT2D eigenvalue weighted by molar-refractivity contribution is -0.138. The summed E-state index contributed by atoms with van der Waals surface area (Å²) in [4.78, 5) is 34.1. The summed E-state index contributed by atoms with van der Waals surface area (Å²) in [5, 5.41) is 3.69. The molecule has 2 N–H and O–H groups in total. The van der Waals surface area contributed by atoms with Gasteiger partial charge in [-0.15, -0.1) is 0 Å². The molecule has 1 unspecified atom stereocenters. The molecule has 0 aliphatic carbocycles. The zero-order valence-corrected chi connectivity index (χ0v) is 27.9. The molecule has 8 nitrogen and oxygen atoms in total. The highest BCUT2D eigenvalue weighted by atomic mass is 16.2. The number of hydrogen-bond acceptors (Lipinski definition) is 6. The fraction of sp³-hybridized carbons (Fsp3) is 0.410. The highest BCUT2D eigenvalue weighted by Crippen LogP contribution is 2.36. The lowest BCUT2D eigenvalue weighted by Crippen LogP contribution is -2.43. The van der Waals surface area contributed by atoms with Crippen molar-refractivity contribution in [1.29, 1.82) is 0 Å². The average molecular weight is 630 g/mol. The van der Waals surface area contributed by atoms with Crippen LogP contribution in [0, 0.1) is 0 Å². The Kier molecular flexibility index (Phi) is 9.23. The fourth-order valence-electron chi connectivity index (χ4n) is 7.71. The van der Waals surface area contributed by atoms with E-state index in [9.17, 15) is 4.79 Å². The van der Waals surface area contributed by atoms with Crippen molar-refractivity contribution in [2.45, 2.75) is 63.7 Å². The quantitative estimate of drug-likeness (QED) is 0.206. The molecule has 4 heterocycles. The van der Waals surface area contributed by atoms with E-state index in [2.05, 4.69) is 102 Å². The van der Waals surface area contributed by atoms with E-state index in [1.54, 1.807) is 0 Å². The van der Waals surface area contributed by atoms with Gasteiger partial charge in [-0.3, -0.25) is 19.6 Å². The minimum absolute atomic E-state index is 0.0503. The lowest BCUT2D eigenvalue weighted by atomic mass is 9.99. The summed E-state index contributed by atoms with van der Waals surface area (Å²) in [7, 11) is 2.20. The van der Waals surface area contributed by atoms with Crippen LogP contribution in [0.25, 0.3) is 22.4 Å². The predicted molar refractivity (Wildman–Crippen MR) is 189 cm³/mol. The standard InChI is InChI=1S/C39H47N7O/c1-4-45(5-2)36(31-11-7-6-8-12-31)39(47)46-24-10-14-35(46)38-41-26-33(43-38)30-21-17-28(18-22-30)27-15-19-29(20-16-27)32-25-40-37(42-32)34-13-9-23-44(34)3/h6-8,11-12,15-22,26,32,34-36H,4-5,9-10,13-14,23-25H2,1-3H3,(H,40,42)(H,41,43)/t32?,34-,35-,36+/m0/s1. The van der Waals surface area contributed by atoms with Crippen LogP contribution >= 0.6 is 0 Å². The van der Waals surface area contributed by atoms with E-state index in [4.69, 9.17) is 9.98 Å². The van der Waals surface area contributed by atoms with Crippen LogP contribution in [0.2, 0.25) is 0 Å². The molecule has 244 valence electrons. The Balaban J connectivity index is 1.02. The maximum Gasteiger partial charge on any atom is 0.245 e. The normalized spacial score (nSPS) is 22.1. The summed E-state index contributed by atoms with van der Waals surface area (Å²) in [5.41, 5.74) is 6.76. The van der Waals surface area contributed by atoms with Gasteiger partial charge in [0.25, 0.3) is 0 Å². The first kappa shape index (κ1) is 31.3. The number of hydrogen-bond donors (Lipinski definition) is 2. The van der Waals surface area contributed by atoms with Gasteiger partial charge in [-0.2, -0.15) is 0 Å². The van der Waals surface area contributed by atoms with Crippen LogP contribution in [0.5, 0.6) is 0 Å². The van der Waals surface area contributed by atoms with Crippen LogP contribution in [0.3, 0.4) is 0 Å². The number of likely N-dealkylation sites (tertiary alicyclic amines) is 2. The van der Waals surface area contributed by atoms with Crippen LogP contribution in [-0.2, 0) is 4.79 Å². The molecule has 3 aliphatic heterocycles. The van der Waals surface area contributed by atoms with Crippen molar-refractivity contribution in [3.63, 3.8) is 0 Å². The summed E-state index contributed by atoms with van der Waals surface area (Å²) in [6.07, 6.45) is 6.23. The molecule has 1 amide bonds. The third-order valence-electron chi connectivity index (χ3n) is 10.4. The number of nitrogens with one attached hydrogen (secondary N) is 2. The van der Waals surface area contributed by atoms with Gasteiger partial charge in [-0.1, -0.05) is 92.7 Å². The maximum absolute atomic E-state index is 14.1. The number of rotatable bonds is 10. The molecule has 3 aliphatic rings. The number of H-pyrrole nitrogens is 1. The SMILES string of the molecule is CCN(CC)[C@@H](C(=O)N1CCC[C@H]1c1ncc(-c2ccc(-c3ccc(C4CN=C([C@@H]5CCCN5C)N4)cc3)cc2)[nH]1)c1ccccc1. The Morgan fingerprint density at radius 3 is 2.21 bits per heavy atom. The number of aromatic amines is 1. The van der Waals surface area contributed by atoms with Gasteiger partial charge in [0, 0.05) is 6.54 Å². The Labute approximate surface area is 278 Å². The van der Waals surface area contributed by atoms with E-state index in [0.717, 1.165) is 74.0 Å². The molecule has 4 aromatic rings. The zero-order valence-electron chi connectivity index (χ0n) is 27.9. The van der Waals surface area contributed by atoms with Crippen LogP contribution in [0.15, 0.2) is 90.1 Å². The smallest absolute Gasteiger partial charge is 0.245 e. The van der Waals surface area contributed by atoms with Crippen molar-refractivity contribution < 1.29 is 4.79 Å². The molecule has 0 spiro atoms. The first-order chi connectivity index (χ1) is 23.0. The number of aliphatic imine (C=N–C) groups is 1. The minimum Gasteiger partial charge on any atom is -0.364 e. The lowest BCUT2D eigenvalue weighted by Gasteiger charge is -2.34. The van der Waals surface area contributed by atoms with Crippen molar-refractivity contribution in [3.8, 4) is 22.4 Å². The van der Waals surface area contributed by atoms with E-state index in [-0.39, 0.29) is 24.0 Å². The molecule has 7 rings (SSSR count). The number of carbonyl (C=O) groups excluding carboxylic acids is 1. The second-order valence-corrected chi connectivity index (χ2v) is 13.2. The molecule has 47 heavy (non-hydrogen) atoms. The average Bonchev–Trinajstić information content (AvgIpc) is 3.95. The molecule has 2 fully saturated rings. The van der Waals surface area contributed by atoms with Crippen LogP contribution < -0.4 is 5.32 Å². The molecule has 2 saturated heterocycles. The molecule has 1 aromatic heterocycles. The highest BCUT2D eigenvalue weighted by Gasteiger charge is 2.38. The molecule has 4 atom stereocenters. The number of carbonyl (C=O) groups is 1. The monoisotopic (exact) mass is 629 g/mol. The summed E-state index contributed by atoms with van der Waals surface area (Å²) in [6, 6.07) is 28.1. The van der Waals surface area contributed by atoms with Gasteiger partial charge < -0.3 is 15.2 Å². The van der Waals surface area contributed by atoms with E-state index < -0.39 is 0 Å². The number of imidazole rings is 1. The van der Waals surface area contributed by atoms with Gasteiger partial charge in [0.2, 0.25) is 5.91 Å². The van der Waals surface area contributed by atoms with Crippen molar-refractivity contribution in [3.05, 3.63) is 102 Å². The molecule has 0 radical (unpaired) electrons. The van der Waals surface area contributed by atoms with Gasteiger partial charge in [-0.05, 0) is 80.2 Å². The van der Waals surface area contributed by atoms with Gasteiger partial charge in [-0.25, -0.2) is 4.98 Å². The first-order valence-corrected chi connectivity index (χ1v) is 17.4. The minimum atomic E-state index is -0.290. The van der Waals surface area contributed by atoms with Gasteiger partial charge in [0.1, 0.15) is 17.7 Å². The second-order valence-electron chi connectivity index (χ2n) is 13.2. The molecule has 3 aromatic carbocycles. The Hall–Kier alpha value is -4.27. The Bertz CT molecular complexity index is 1680.